The molecule has 0 aromatic heterocycles. The number of carbonyl (C=O) groups is 1. The van der Waals surface area contributed by atoms with Crippen LogP contribution in [0.5, 0.6) is 0 Å². The second-order valence-electron chi connectivity index (χ2n) is 7.26. The van der Waals surface area contributed by atoms with Crippen molar-refractivity contribution in [2.75, 3.05) is 32.8 Å². The van der Waals surface area contributed by atoms with E-state index in [-0.39, 0.29) is 11.4 Å². The zero-order valence-corrected chi connectivity index (χ0v) is 16.1. The van der Waals surface area contributed by atoms with Crippen molar-refractivity contribution < 1.29 is 14.4 Å². The molecule has 1 saturated heterocycles. The van der Waals surface area contributed by atoms with Gasteiger partial charge in [0, 0.05) is 12.8 Å². The average Bonchev–Trinajstić information content (AvgIpc) is 2.65. The smallest absolute Gasteiger partial charge is 0.224 e. The number of benzene rings is 1. The Hall–Kier alpha value is -0.810. The number of quaternary nitrogens is 1. The summed E-state index contributed by atoms with van der Waals surface area (Å²) < 4.78 is 5.53. The summed E-state index contributed by atoms with van der Waals surface area (Å²) in [5.74, 6) is 0.0518. The highest BCUT2D eigenvalue weighted by Gasteiger charge is 2.42. The SMILES string of the molecule is O=C(Cc1ccc(Cl)c(Cl)c1)NCC1([NH+]2CCOCC2)CCCCC1. The third-order valence-corrected chi connectivity index (χ3v) is 6.37. The van der Waals surface area contributed by atoms with Crippen LogP contribution in [0.15, 0.2) is 18.2 Å². The first kappa shape index (κ1) is 19.0. The lowest BCUT2D eigenvalue weighted by Gasteiger charge is -2.45. The molecule has 2 fully saturated rings. The molecule has 1 aromatic carbocycles. The Morgan fingerprint density at radius 3 is 2.52 bits per heavy atom. The molecule has 4 nitrogen and oxygen atoms in total. The predicted octanol–water partition coefficient (Wildman–Crippen LogP) is 2.27. The van der Waals surface area contributed by atoms with E-state index >= 15 is 0 Å². The molecule has 1 aliphatic carbocycles. The van der Waals surface area contributed by atoms with Crippen LogP contribution >= 0.6 is 23.2 Å². The van der Waals surface area contributed by atoms with Crippen LogP contribution in [-0.2, 0) is 16.0 Å². The first-order valence-electron chi connectivity index (χ1n) is 9.23. The van der Waals surface area contributed by atoms with E-state index in [1.807, 2.05) is 6.07 Å². The standard InChI is InChI=1S/C19H26Cl2N2O2/c20-16-5-4-15(12-17(16)21)13-18(24)22-14-19(6-2-1-3-7-19)23-8-10-25-11-9-23/h4-5,12H,1-3,6-11,13-14H2,(H,22,24)/p+1. The van der Waals surface area contributed by atoms with Gasteiger partial charge >= 0.3 is 0 Å². The van der Waals surface area contributed by atoms with Crippen LogP contribution in [0.4, 0.5) is 0 Å². The van der Waals surface area contributed by atoms with Gasteiger partial charge in [0.2, 0.25) is 5.91 Å². The van der Waals surface area contributed by atoms with Crippen molar-refractivity contribution in [1.29, 1.82) is 0 Å². The Kier molecular flexibility index (Phi) is 6.61. The van der Waals surface area contributed by atoms with Crippen LogP contribution in [0.25, 0.3) is 0 Å². The van der Waals surface area contributed by atoms with Crippen molar-refractivity contribution in [3.8, 4) is 0 Å². The van der Waals surface area contributed by atoms with Gasteiger partial charge in [-0.1, -0.05) is 35.7 Å². The summed E-state index contributed by atoms with van der Waals surface area (Å²) in [6.07, 6.45) is 6.54. The van der Waals surface area contributed by atoms with E-state index in [0.717, 1.165) is 38.4 Å². The molecule has 0 spiro atoms. The molecule has 6 heteroatoms. The number of hydrogen-bond donors (Lipinski definition) is 2. The first-order valence-corrected chi connectivity index (χ1v) is 9.98. The van der Waals surface area contributed by atoms with Gasteiger partial charge in [-0.15, -0.1) is 0 Å². The fourth-order valence-electron chi connectivity index (χ4n) is 4.20. The number of nitrogens with one attached hydrogen (secondary N) is 2. The van der Waals surface area contributed by atoms with E-state index in [2.05, 4.69) is 5.32 Å². The molecule has 0 radical (unpaired) electrons. The van der Waals surface area contributed by atoms with Gasteiger partial charge in [0.15, 0.2) is 0 Å². The van der Waals surface area contributed by atoms with Crippen LogP contribution < -0.4 is 10.2 Å². The molecule has 2 N–H and O–H groups in total. The van der Waals surface area contributed by atoms with Crippen molar-refractivity contribution in [1.82, 2.24) is 5.32 Å². The minimum atomic E-state index is 0.0518. The van der Waals surface area contributed by atoms with Crippen molar-refractivity contribution in [2.24, 2.45) is 0 Å². The van der Waals surface area contributed by atoms with Crippen LogP contribution in [0.1, 0.15) is 37.7 Å². The number of amides is 1. The summed E-state index contributed by atoms with van der Waals surface area (Å²) in [4.78, 5) is 14.1. The van der Waals surface area contributed by atoms with E-state index in [0.29, 0.717) is 16.5 Å². The van der Waals surface area contributed by atoms with Gasteiger partial charge in [0.05, 0.1) is 36.2 Å². The van der Waals surface area contributed by atoms with Crippen molar-refractivity contribution in [2.45, 2.75) is 44.1 Å². The lowest BCUT2D eigenvalue weighted by Crippen LogP contribution is -3.23. The Balaban J connectivity index is 1.60. The zero-order chi connectivity index (χ0) is 17.7. The third-order valence-electron chi connectivity index (χ3n) is 5.63. The highest BCUT2D eigenvalue weighted by atomic mass is 35.5. The van der Waals surface area contributed by atoms with Gasteiger partial charge in [-0.05, 0) is 30.5 Å². The second-order valence-corrected chi connectivity index (χ2v) is 8.07. The molecule has 25 heavy (non-hydrogen) atoms. The lowest BCUT2D eigenvalue weighted by molar-refractivity contribution is -0.960. The predicted molar refractivity (Wildman–Crippen MR) is 101 cm³/mol. The lowest BCUT2D eigenvalue weighted by atomic mass is 9.79. The second kappa shape index (κ2) is 8.72. The van der Waals surface area contributed by atoms with Crippen molar-refractivity contribution in [3.05, 3.63) is 33.8 Å². The highest BCUT2D eigenvalue weighted by molar-refractivity contribution is 6.42. The molecule has 3 rings (SSSR count). The topological polar surface area (TPSA) is 42.8 Å². The van der Waals surface area contributed by atoms with Crippen molar-refractivity contribution in [3.63, 3.8) is 0 Å². The average molecular weight is 386 g/mol. The molecule has 1 saturated carbocycles. The fraction of sp³-hybridized carbons (Fsp3) is 0.632. The minimum Gasteiger partial charge on any atom is -0.370 e. The Morgan fingerprint density at radius 1 is 1.12 bits per heavy atom. The van der Waals surface area contributed by atoms with Gasteiger partial charge in [-0.3, -0.25) is 4.79 Å². The molecular weight excluding hydrogens is 359 g/mol. The molecule has 138 valence electrons. The number of halogens is 2. The van der Waals surface area contributed by atoms with E-state index in [1.165, 1.54) is 32.1 Å². The van der Waals surface area contributed by atoms with Gasteiger partial charge in [0.1, 0.15) is 18.6 Å². The molecule has 0 atom stereocenters. The Bertz CT molecular complexity index is 597. The number of ether oxygens (including phenoxy) is 1. The summed E-state index contributed by atoms with van der Waals surface area (Å²) in [5.41, 5.74) is 1.07. The van der Waals surface area contributed by atoms with E-state index in [4.69, 9.17) is 27.9 Å². The van der Waals surface area contributed by atoms with E-state index in [9.17, 15) is 4.79 Å². The number of morpholine rings is 1. The summed E-state index contributed by atoms with van der Waals surface area (Å²) in [6.45, 7) is 4.50. The highest BCUT2D eigenvalue weighted by Crippen LogP contribution is 2.26. The zero-order valence-electron chi connectivity index (χ0n) is 14.6. The van der Waals surface area contributed by atoms with Gasteiger partial charge in [0.25, 0.3) is 0 Å². The van der Waals surface area contributed by atoms with Gasteiger partial charge in [-0.2, -0.15) is 0 Å². The van der Waals surface area contributed by atoms with E-state index in [1.54, 1.807) is 17.0 Å². The molecular formula is C19H27Cl2N2O2+. The third kappa shape index (κ3) is 4.88. The van der Waals surface area contributed by atoms with Crippen molar-refractivity contribution >= 4 is 29.1 Å². The maximum absolute atomic E-state index is 12.5. The number of carbonyl (C=O) groups excluding carboxylic acids is 1. The van der Waals surface area contributed by atoms with Gasteiger partial charge in [-0.25, -0.2) is 0 Å². The normalized spacial score (nSPS) is 21.0. The molecule has 0 unspecified atom stereocenters. The summed E-state index contributed by atoms with van der Waals surface area (Å²) in [5, 5.41) is 4.21. The number of hydrogen-bond acceptors (Lipinski definition) is 2. The van der Waals surface area contributed by atoms with Crippen LogP contribution in [0, 0.1) is 0 Å². The van der Waals surface area contributed by atoms with Crippen LogP contribution in [-0.4, -0.2) is 44.3 Å². The fourth-order valence-corrected chi connectivity index (χ4v) is 4.52. The molecule has 1 aliphatic heterocycles. The summed E-state index contributed by atoms with van der Waals surface area (Å²) >= 11 is 12.0. The quantitative estimate of drug-likeness (QED) is 0.816. The summed E-state index contributed by atoms with van der Waals surface area (Å²) in [7, 11) is 0. The van der Waals surface area contributed by atoms with E-state index < -0.39 is 0 Å². The maximum atomic E-state index is 12.5. The Labute approximate surface area is 159 Å². The molecule has 2 aliphatic rings. The Morgan fingerprint density at radius 2 is 1.84 bits per heavy atom. The van der Waals surface area contributed by atoms with Crippen LogP contribution in [0.2, 0.25) is 10.0 Å². The molecule has 1 aromatic rings. The van der Waals surface area contributed by atoms with Gasteiger partial charge < -0.3 is 15.0 Å². The number of rotatable bonds is 5. The summed E-state index contributed by atoms with van der Waals surface area (Å²) in [6, 6.07) is 5.37. The minimum absolute atomic E-state index is 0.0518. The maximum Gasteiger partial charge on any atom is 0.224 e. The van der Waals surface area contributed by atoms with Crippen LogP contribution in [0.3, 0.4) is 0 Å². The first-order chi connectivity index (χ1) is 12.1. The largest absolute Gasteiger partial charge is 0.370 e. The molecule has 1 heterocycles. The molecule has 1 amide bonds. The molecule has 0 bridgehead atoms. The monoisotopic (exact) mass is 385 g/mol.